The number of hydrogen-bond acceptors (Lipinski definition) is 5. The van der Waals surface area contributed by atoms with E-state index in [4.69, 9.17) is 9.57 Å². The first-order chi connectivity index (χ1) is 14.2. The summed E-state index contributed by atoms with van der Waals surface area (Å²) in [5, 5.41) is 4.24. The van der Waals surface area contributed by atoms with E-state index in [0.717, 1.165) is 23.4 Å². The van der Waals surface area contributed by atoms with Crippen molar-refractivity contribution in [1.29, 1.82) is 0 Å². The standard InChI is InChI=1S/C24H22N2O3/c1-16-6-8-18(9-7-16)24(27)29-26-23(22-5-3-4-14-25-22)21-15-20(21)17-10-12-19(28-2)13-11-17/h3-14,20-21H,15H2,1-2H3/b26-23+/t20-,21-/m1/s1. The summed E-state index contributed by atoms with van der Waals surface area (Å²) >= 11 is 0. The van der Waals surface area contributed by atoms with Crippen LogP contribution in [0.4, 0.5) is 0 Å². The van der Waals surface area contributed by atoms with Crippen molar-refractivity contribution in [2.75, 3.05) is 7.11 Å². The lowest BCUT2D eigenvalue weighted by molar-refractivity contribution is 0.0515. The number of rotatable bonds is 6. The van der Waals surface area contributed by atoms with E-state index in [2.05, 4.69) is 22.3 Å². The van der Waals surface area contributed by atoms with Gasteiger partial charge in [-0.05, 0) is 61.2 Å². The number of methoxy groups -OCH3 is 1. The number of nitrogens with zero attached hydrogens (tertiary/aromatic N) is 2. The van der Waals surface area contributed by atoms with Crippen LogP contribution < -0.4 is 4.74 Å². The molecule has 3 aromatic rings. The van der Waals surface area contributed by atoms with Crippen LogP contribution in [0.15, 0.2) is 78.1 Å². The average molecular weight is 386 g/mol. The van der Waals surface area contributed by atoms with Gasteiger partial charge in [0.1, 0.15) is 11.5 Å². The Hall–Kier alpha value is -3.47. The largest absolute Gasteiger partial charge is 0.497 e. The van der Waals surface area contributed by atoms with Gasteiger partial charge in [0.25, 0.3) is 0 Å². The van der Waals surface area contributed by atoms with Gasteiger partial charge in [-0.2, -0.15) is 0 Å². The number of carbonyl (C=O) groups excluding carboxylic acids is 1. The summed E-state index contributed by atoms with van der Waals surface area (Å²) in [5.41, 5.74) is 4.20. The van der Waals surface area contributed by atoms with E-state index >= 15 is 0 Å². The Labute approximate surface area is 170 Å². The lowest BCUT2D eigenvalue weighted by Crippen LogP contribution is -2.11. The van der Waals surface area contributed by atoms with Gasteiger partial charge in [-0.25, -0.2) is 4.79 Å². The van der Waals surface area contributed by atoms with E-state index < -0.39 is 5.97 Å². The molecule has 1 heterocycles. The number of carbonyl (C=O) groups is 1. The Morgan fingerprint density at radius 2 is 1.79 bits per heavy atom. The van der Waals surface area contributed by atoms with Crippen LogP contribution in [-0.2, 0) is 4.84 Å². The molecule has 2 atom stereocenters. The molecule has 1 fully saturated rings. The molecule has 146 valence electrons. The van der Waals surface area contributed by atoms with Crippen LogP contribution in [0.2, 0.25) is 0 Å². The SMILES string of the molecule is COc1ccc([C@H]2C[C@H]2/C(=N\OC(=O)c2ccc(C)cc2)c2ccccn2)cc1. The van der Waals surface area contributed by atoms with Crippen LogP contribution in [0.25, 0.3) is 0 Å². The second-order valence-corrected chi connectivity index (χ2v) is 7.16. The summed E-state index contributed by atoms with van der Waals surface area (Å²) in [6.07, 6.45) is 2.65. The third kappa shape index (κ3) is 4.35. The maximum Gasteiger partial charge on any atom is 0.365 e. The summed E-state index contributed by atoms with van der Waals surface area (Å²) < 4.78 is 5.24. The van der Waals surface area contributed by atoms with Crippen LogP contribution in [-0.4, -0.2) is 23.8 Å². The first-order valence-electron chi connectivity index (χ1n) is 9.57. The summed E-state index contributed by atoms with van der Waals surface area (Å²) in [7, 11) is 1.66. The predicted molar refractivity (Wildman–Crippen MR) is 111 cm³/mol. The molecule has 0 aliphatic heterocycles. The lowest BCUT2D eigenvalue weighted by atomic mass is 10.1. The van der Waals surface area contributed by atoms with Crippen LogP contribution in [0.1, 0.15) is 39.5 Å². The van der Waals surface area contributed by atoms with Crippen molar-refractivity contribution >= 4 is 11.7 Å². The molecule has 1 aliphatic carbocycles. The maximum absolute atomic E-state index is 12.4. The molecule has 0 saturated heterocycles. The van der Waals surface area contributed by atoms with E-state index in [1.54, 1.807) is 25.4 Å². The van der Waals surface area contributed by atoms with Crippen molar-refractivity contribution in [3.63, 3.8) is 0 Å². The van der Waals surface area contributed by atoms with Gasteiger partial charge in [0.05, 0.1) is 18.4 Å². The minimum absolute atomic E-state index is 0.157. The fraction of sp³-hybridized carbons (Fsp3) is 0.208. The summed E-state index contributed by atoms with van der Waals surface area (Å²) in [5.74, 6) is 0.834. The van der Waals surface area contributed by atoms with Crippen molar-refractivity contribution in [3.05, 3.63) is 95.3 Å². The van der Waals surface area contributed by atoms with E-state index in [9.17, 15) is 4.79 Å². The van der Waals surface area contributed by atoms with E-state index in [0.29, 0.717) is 17.2 Å². The molecule has 0 spiro atoms. The fourth-order valence-corrected chi connectivity index (χ4v) is 3.37. The molecular weight excluding hydrogens is 364 g/mol. The number of pyridine rings is 1. The van der Waals surface area contributed by atoms with E-state index in [1.165, 1.54) is 5.56 Å². The Balaban J connectivity index is 1.55. The van der Waals surface area contributed by atoms with Crippen LogP contribution >= 0.6 is 0 Å². The highest BCUT2D eigenvalue weighted by molar-refractivity contribution is 6.03. The zero-order chi connectivity index (χ0) is 20.2. The molecular formula is C24H22N2O3. The van der Waals surface area contributed by atoms with Gasteiger partial charge in [-0.15, -0.1) is 0 Å². The molecule has 1 aliphatic rings. The van der Waals surface area contributed by atoms with Crippen molar-refractivity contribution in [2.45, 2.75) is 19.3 Å². The molecule has 0 N–H and O–H groups in total. The van der Waals surface area contributed by atoms with Gasteiger partial charge in [-0.3, -0.25) is 4.98 Å². The van der Waals surface area contributed by atoms with Crippen molar-refractivity contribution in [3.8, 4) is 5.75 Å². The maximum atomic E-state index is 12.4. The first kappa shape index (κ1) is 18.9. The summed E-state index contributed by atoms with van der Waals surface area (Å²) in [6, 6.07) is 20.9. The molecule has 4 rings (SSSR count). The lowest BCUT2D eigenvalue weighted by Gasteiger charge is -2.07. The average Bonchev–Trinajstić information content (AvgIpc) is 3.55. The highest BCUT2D eigenvalue weighted by Gasteiger charge is 2.43. The number of benzene rings is 2. The van der Waals surface area contributed by atoms with Gasteiger partial charge in [0.15, 0.2) is 0 Å². The molecule has 5 nitrogen and oxygen atoms in total. The quantitative estimate of drug-likeness (QED) is 0.348. The Kier molecular flexibility index (Phi) is 5.38. The number of aryl methyl sites for hydroxylation is 1. The predicted octanol–water partition coefficient (Wildman–Crippen LogP) is 4.76. The number of aromatic nitrogens is 1. The molecule has 5 heteroatoms. The minimum Gasteiger partial charge on any atom is -0.497 e. The zero-order valence-electron chi connectivity index (χ0n) is 16.4. The second-order valence-electron chi connectivity index (χ2n) is 7.16. The Bertz CT molecular complexity index is 1010. The third-order valence-electron chi connectivity index (χ3n) is 5.13. The number of hydrogen-bond donors (Lipinski definition) is 0. The monoisotopic (exact) mass is 386 g/mol. The van der Waals surface area contributed by atoms with E-state index in [1.807, 2.05) is 49.4 Å². The first-order valence-corrected chi connectivity index (χ1v) is 9.57. The Morgan fingerprint density at radius 1 is 1.03 bits per heavy atom. The fourth-order valence-electron chi connectivity index (χ4n) is 3.37. The van der Waals surface area contributed by atoms with Crippen molar-refractivity contribution in [1.82, 2.24) is 4.98 Å². The number of ether oxygens (including phenoxy) is 1. The second kappa shape index (κ2) is 8.27. The van der Waals surface area contributed by atoms with Crippen LogP contribution in [0.5, 0.6) is 5.75 Å². The molecule has 29 heavy (non-hydrogen) atoms. The topological polar surface area (TPSA) is 60.8 Å². The van der Waals surface area contributed by atoms with Crippen LogP contribution in [0.3, 0.4) is 0 Å². The molecule has 0 bridgehead atoms. The molecule has 0 unspecified atom stereocenters. The molecule has 1 saturated carbocycles. The molecule has 0 radical (unpaired) electrons. The smallest absolute Gasteiger partial charge is 0.365 e. The van der Waals surface area contributed by atoms with Gasteiger partial charge in [0.2, 0.25) is 0 Å². The van der Waals surface area contributed by atoms with Gasteiger partial charge >= 0.3 is 5.97 Å². The van der Waals surface area contributed by atoms with Gasteiger partial charge in [0, 0.05) is 12.1 Å². The third-order valence-corrected chi connectivity index (χ3v) is 5.13. The highest BCUT2D eigenvalue weighted by Crippen LogP contribution is 2.49. The van der Waals surface area contributed by atoms with Crippen molar-refractivity contribution < 1.29 is 14.4 Å². The Morgan fingerprint density at radius 3 is 2.45 bits per heavy atom. The van der Waals surface area contributed by atoms with E-state index in [-0.39, 0.29) is 5.92 Å². The molecule has 2 aromatic carbocycles. The molecule has 1 aromatic heterocycles. The van der Waals surface area contributed by atoms with Gasteiger partial charge < -0.3 is 9.57 Å². The highest BCUT2D eigenvalue weighted by atomic mass is 16.7. The minimum atomic E-state index is -0.472. The molecule has 0 amide bonds. The number of oxime groups is 1. The summed E-state index contributed by atoms with van der Waals surface area (Å²) in [6.45, 7) is 1.97. The zero-order valence-corrected chi connectivity index (χ0v) is 16.4. The van der Waals surface area contributed by atoms with Crippen molar-refractivity contribution in [2.24, 2.45) is 11.1 Å². The summed E-state index contributed by atoms with van der Waals surface area (Å²) in [4.78, 5) is 22.1. The van der Waals surface area contributed by atoms with Gasteiger partial charge in [-0.1, -0.05) is 41.1 Å². The van der Waals surface area contributed by atoms with Crippen LogP contribution in [0, 0.1) is 12.8 Å². The normalized spacial score (nSPS) is 18.2.